The number of hydrogen-bond donors (Lipinski definition) is 0. The lowest BCUT2D eigenvalue weighted by atomic mass is 10.0. The van der Waals surface area contributed by atoms with Gasteiger partial charge in [0.05, 0.1) is 23.0 Å². The summed E-state index contributed by atoms with van der Waals surface area (Å²) in [6.07, 6.45) is 3.41. The quantitative estimate of drug-likeness (QED) is 0.556. The van der Waals surface area contributed by atoms with E-state index < -0.39 is 0 Å². The van der Waals surface area contributed by atoms with Crippen LogP contribution in [0.3, 0.4) is 0 Å². The molecule has 0 saturated carbocycles. The van der Waals surface area contributed by atoms with Crippen LogP contribution in [0.1, 0.15) is 5.56 Å². The molecule has 5 heteroatoms. The number of rotatable bonds is 2. The minimum atomic E-state index is 0.770. The van der Waals surface area contributed by atoms with Crippen molar-refractivity contribution in [2.75, 3.05) is 7.11 Å². The Balaban J connectivity index is 2.09. The third-order valence-electron chi connectivity index (χ3n) is 3.74. The predicted molar refractivity (Wildman–Crippen MR) is 89.4 cm³/mol. The van der Waals surface area contributed by atoms with E-state index in [9.17, 15) is 0 Å². The summed E-state index contributed by atoms with van der Waals surface area (Å²) in [7, 11) is 1.66. The predicted octanol–water partition coefficient (Wildman–Crippen LogP) is 4.22. The maximum atomic E-state index is 5.42. The molecular weight excluding hydrogens is 294 g/mol. The highest BCUT2D eigenvalue weighted by Crippen LogP contribution is 2.37. The molecule has 0 aliphatic carbocycles. The second kappa shape index (κ2) is 5.03. The zero-order valence-electron chi connectivity index (χ0n) is 12.2. The third kappa shape index (κ3) is 1.86. The van der Waals surface area contributed by atoms with Gasteiger partial charge in [0.1, 0.15) is 17.6 Å². The van der Waals surface area contributed by atoms with E-state index in [1.54, 1.807) is 31.0 Å². The Kier molecular flexibility index (Phi) is 3.01. The molecule has 3 heterocycles. The maximum absolute atomic E-state index is 5.42. The van der Waals surface area contributed by atoms with Gasteiger partial charge in [-0.15, -0.1) is 11.3 Å². The first-order chi connectivity index (χ1) is 10.8. The van der Waals surface area contributed by atoms with E-state index in [4.69, 9.17) is 4.74 Å². The second-order valence-corrected chi connectivity index (χ2v) is 5.91. The summed E-state index contributed by atoms with van der Waals surface area (Å²) in [5.74, 6) is 0.770. The molecule has 4 aromatic rings. The molecule has 0 amide bonds. The van der Waals surface area contributed by atoms with Gasteiger partial charge in [-0.1, -0.05) is 6.07 Å². The van der Waals surface area contributed by atoms with Crippen LogP contribution in [0.4, 0.5) is 0 Å². The van der Waals surface area contributed by atoms with Gasteiger partial charge in [0, 0.05) is 17.1 Å². The number of aromatic nitrogens is 3. The number of thiophene rings is 1. The maximum Gasteiger partial charge on any atom is 0.145 e. The van der Waals surface area contributed by atoms with E-state index in [-0.39, 0.29) is 0 Å². The van der Waals surface area contributed by atoms with Crippen molar-refractivity contribution in [3.05, 3.63) is 47.7 Å². The molecule has 0 radical (unpaired) electrons. The van der Waals surface area contributed by atoms with E-state index in [0.29, 0.717) is 0 Å². The molecule has 0 saturated heterocycles. The molecule has 0 spiro atoms. The molecule has 0 aliphatic heterocycles. The van der Waals surface area contributed by atoms with Gasteiger partial charge in [-0.25, -0.2) is 9.97 Å². The fraction of sp³-hybridized carbons (Fsp3) is 0.118. The zero-order chi connectivity index (χ0) is 15.1. The topological polar surface area (TPSA) is 47.9 Å². The van der Waals surface area contributed by atoms with Crippen LogP contribution in [0.5, 0.6) is 5.75 Å². The number of ether oxygens (including phenoxy) is 1. The smallest absolute Gasteiger partial charge is 0.145 e. The molecule has 0 bridgehead atoms. The van der Waals surface area contributed by atoms with Crippen molar-refractivity contribution in [2.45, 2.75) is 6.92 Å². The minimum Gasteiger partial charge on any atom is -0.494 e. The van der Waals surface area contributed by atoms with Crippen LogP contribution in [0.25, 0.3) is 32.4 Å². The second-order valence-electron chi connectivity index (χ2n) is 5.03. The van der Waals surface area contributed by atoms with Crippen molar-refractivity contribution in [2.24, 2.45) is 0 Å². The van der Waals surface area contributed by atoms with E-state index in [1.165, 1.54) is 5.56 Å². The Hall–Kier alpha value is -2.53. The molecule has 0 N–H and O–H groups in total. The fourth-order valence-corrected chi connectivity index (χ4v) is 3.69. The third-order valence-corrected chi connectivity index (χ3v) is 4.83. The highest BCUT2D eigenvalue weighted by Gasteiger charge is 2.14. The van der Waals surface area contributed by atoms with Crippen LogP contribution in [0, 0.1) is 6.92 Å². The van der Waals surface area contributed by atoms with Crippen molar-refractivity contribution < 1.29 is 4.74 Å². The lowest BCUT2D eigenvalue weighted by molar-refractivity contribution is 0.419. The van der Waals surface area contributed by atoms with Crippen LogP contribution >= 0.6 is 11.3 Å². The van der Waals surface area contributed by atoms with Gasteiger partial charge in [0.2, 0.25) is 0 Å². The summed E-state index contributed by atoms with van der Waals surface area (Å²) in [6.45, 7) is 2.07. The number of hydrogen-bond acceptors (Lipinski definition) is 5. The molecule has 0 aliphatic rings. The van der Waals surface area contributed by atoms with E-state index in [1.807, 2.05) is 18.2 Å². The van der Waals surface area contributed by atoms with Gasteiger partial charge in [-0.3, -0.25) is 4.98 Å². The number of fused-ring (bicyclic) bond motifs is 2. The number of aryl methyl sites for hydroxylation is 1. The molecule has 4 nitrogen and oxygen atoms in total. The number of pyridine rings is 1. The summed E-state index contributed by atoms with van der Waals surface area (Å²) in [5.41, 5.74) is 5.05. The van der Waals surface area contributed by atoms with Gasteiger partial charge < -0.3 is 4.74 Å². The monoisotopic (exact) mass is 307 g/mol. The summed E-state index contributed by atoms with van der Waals surface area (Å²) < 4.78 is 6.52. The van der Waals surface area contributed by atoms with Crippen LogP contribution in [-0.2, 0) is 0 Å². The molecule has 0 atom stereocenters. The normalized spacial score (nSPS) is 11.2. The van der Waals surface area contributed by atoms with Crippen LogP contribution in [-0.4, -0.2) is 22.1 Å². The molecule has 22 heavy (non-hydrogen) atoms. The van der Waals surface area contributed by atoms with Crippen molar-refractivity contribution in [1.29, 1.82) is 0 Å². The standard InChI is InChI=1S/C17H13N3OS/c1-10-8-22-17-14(10)19-9-20-16(17)12-5-6-13(21-2)15-11(12)4-3-7-18-15/h3-9H,1-2H3. The Bertz CT molecular complexity index is 994. The zero-order valence-corrected chi connectivity index (χ0v) is 13.0. The first-order valence-corrected chi connectivity index (χ1v) is 7.78. The molecule has 3 aromatic heterocycles. The van der Waals surface area contributed by atoms with Crippen LogP contribution < -0.4 is 4.74 Å². The molecule has 0 unspecified atom stereocenters. The van der Waals surface area contributed by atoms with Gasteiger partial charge in [-0.05, 0) is 36.1 Å². The largest absolute Gasteiger partial charge is 0.494 e. The lowest BCUT2D eigenvalue weighted by Gasteiger charge is -2.09. The van der Waals surface area contributed by atoms with E-state index in [2.05, 4.69) is 33.3 Å². The molecule has 4 rings (SSSR count). The van der Waals surface area contributed by atoms with Crippen molar-refractivity contribution in [1.82, 2.24) is 15.0 Å². The number of nitrogens with zero attached hydrogens (tertiary/aromatic N) is 3. The van der Waals surface area contributed by atoms with Crippen molar-refractivity contribution >= 4 is 32.5 Å². The Morgan fingerprint density at radius 2 is 1.95 bits per heavy atom. The average Bonchev–Trinajstić information content (AvgIpc) is 2.95. The Morgan fingerprint density at radius 3 is 2.82 bits per heavy atom. The van der Waals surface area contributed by atoms with Crippen LogP contribution in [0.15, 0.2) is 42.2 Å². The summed E-state index contributed by atoms with van der Waals surface area (Å²) in [4.78, 5) is 13.4. The van der Waals surface area contributed by atoms with Gasteiger partial charge in [0.25, 0.3) is 0 Å². The summed E-state index contributed by atoms with van der Waals surface area (Å²) >= 11 is 1.68. The highest BCUT2D eigenvalue weighted by atomic mass is 32.1. The van der Waals surface area contributed by atoms with Gasteiger partial charge in [0.15, 0.2) is 0 Å². The van der Waals surface area contributed by atoms with E-state index in [0.717, 1.165) is 38.1 Å². The highest BCUT2D eigenvalue weighted by molar-refractivity contribution is 7.17. The lowest BCUT2D eigenvalue weighted by Crippen LogP contribution is -1.92. The fourth-order valence-electron chi connectivity index (χ4n) is 2.68. The van der Waals surface area contributed by atoms with Gasteiger partial charge >= 0.3 is 0 Å². The van der Waals surface area contributed by atoms with E-state index >= 15 is 0 Å². The molecule has 0 fully saturated rings. The number of benzene rings is 1. The van der Waals surface area contributed by atoms with Crippen molar-refractivity contribution in [3.63, 3.8) is 0 Å². The SMILES string of the molecule is COc1ccc(-c2ncnc3c(C)csc23)c2cccnc12. The van der Waals surface area contributed by atoms with Crippen molar-refractivity contribution in [3.8, 4) is 17.0 Å². The molecular formula is C17H13N3OS. The molecule has 108 valence electrons. The minimum absolute atomic E-state index is 0.770. The Labute approximate surface area is 131 Å². The first-order valence-electron chi connectivity index (χ1n) is 6.90. The summed E-state index contributed by atoms with van der Waals surface area (Å²) in [6, 6.07) is 7.97. The number of methoxy groups -OCH3 is 1. The van der Waals surface area contributed by atoms with Gasteiger partial charge in [-0.2, -0.15) is 0 Å². The summed E-state index contributed by atoms with van der Waals surface area (Å²) in [5, 5.41) is 3.15. The van der Waals surface area contributed by atoms with Crippen LogP contribution in [0.2, 0.25) is 0 Å². The Morgan fingerprint density at radius 1 is 1.05 bits per heavy atom. The average molecular weight is 307 g/mol. The molecule has 1 aromatic carbocycles. The first kappa shape index (κ1) is 13.2.